The van der Waals surface area contributed by atoms with Gasteiger partial charge in [0.15, 0.2) is 5.76 Å². The molecular weight excluding hydrogens is 370 g/mol. The third kappa shape index (κ3) is 4.75. The number of carbonyl (C=O) groups is 2. The van der Waals surface area contributed by atoms with Crippen LogP contribution in [-0.2, 0) is 0 Å². The molecule has 1 saturated heterocycles. The van der Waals surface area contributed by atoms with Gasteiger partial charge < -0.3 is 19.5 Å². The standard InChI is InChI=1S/C21H27N5O3/c27-20(24-16-6-3-1-2-4-7-16)17-14-23-19(15-22-17)25-9-11-26(12-10-25)21(28)18-8-5-13-29-18/h5,8,13-16H,1-4,6-7,9-12H2,(H,24,27). The molecule has 8 heteroatoms. The second-order valence-corrected chi connectivity index (χ2v) is 7.68. The normalized spacial score (nSPS) is 18.3. The molecule has 2 aromatic rings. The molecule has 2 fully saturated rings. The van der Waals surface area contributed by atoms with Crippen molar-refractivity contribution >= 4 is 17.6 Å². The minimum absolute atomic E-state index is 0.0914. The van der Waals surface area contributed by atoms with Crippen molar-refractivity contribution in [3.05, 3.63) is 42.2 Å². The molecule has 2 aromatic heterocycles. The number of amides is 2. The van der Waals surface area contributed by atoms with Crippen molar-refractivity contribution in [2.24, 2.45) is 0 Å². The van der Waals surface area contributed by atoms with Crippen molar-refractivity contribution in [1.29, 1.82) is 0 Å². The summed E-state index contributed by atoms with van der Waals surface area (Å²) in [6.45, 7) is 2.50. The molecule has 1 N–H and O–H groups in total. The molecule has 8 nitrogen and oxygen atoms in total. The van der Waals surface area contributed by atoms with Gasteiger partial charge >= 0.3 is 0 Å². The summed E-state index contributed by atoms with van der Waals surface area (Å²) in [5.74, 6) is 0.847. The molecule has 0 bridgehead atoms. The Hall–Kier alpha value is -2.90. The SMILES string of the molecule is O=C(NC1CCCCCC1)c1cnc(N2CCN(C(=O)c3ccco3)CC2)cn1. The number of nitrogens with zero attached hydrogens (tertiary/aromatic N) is 4. The van der Waals surface area contributed by atoms with Gasteiger partial charge in [-0.3, -0.25) is 9.59 Å². The highest BCUT2D eigenvalue weighted by Crippen LogP contribution is 2.18. The van der Waals surface area contributed by atoms with Crippen LogP contribution < -0.4 is 10.2 Å². The first-order valence-electron chi connectivity index (χ1n) is 10.4. The van der Waals surface area contributed by atoms with Crippen molar-refractivity contribution in [3.63, 3.8) is 0 Å². The van der Waals surface area contributed by atoms with Crippen LogP contribution in [0.5, 0.6) is 0 Å². The van der Waals surface area contributed by atoms with E-state index >= 15 is 0 Å². The number of piperazine rings is 1. The maximum atomic E-state index is 12.5. The predicted octanol–water partition coefficient (Wildman–Crippen LogP) is 2.48. The molecule has 4 rings (SSSR count). The average Bonchev–Trinajstić information content (AvgIpc) is 3.19. The topological polar surface area (TPSA) is 91.6 Å². The maximum Gasteiger partial charge on any atom is 0.289 e. The number of nitrogens with one attached hydrogen (secondary N) is 1. The minimum atomic E-state index is -0.148. The van der Waals surface area contributed by atoms with Crippen LogP contribution in [0.2, 0.25) is 0 Å². The van der Waals surface area contributed by atoms with E-state index in [0.717, 1.165) is 18.7 Å². The highest BCUT2D eigenvalue weighted by molar-refractivity contribution is 5.92. The largest absolute Gasteiger partial charge is 0.459 e. The zero-order valence-corrected chi connectivity index (χ0v) is 16.5. The number of hydrogen-bond acceptors (Lipinski definition) is 6. The molecule has 0 unspecified atom stereocenters. The fourth-order valence-corrected chi connectivity index (χ4v) is 3.98. The average molecular weight is 397 g/mol. The van der Waals surface area contributed by atoms with Crippen molar-refractivity contribution < 1.29 is 14.0 Å². The predicted molar refractivity (Wildman–Crippen MR) is 108 cm³/mol. The van der Waals surface area contributed by atoms with Crippen LogP contribution in [0, 0.1) is 0 Å². The Kier molecular flexibility index (Phi) is 6.07. The van der Waals surface area contributed by atoms with Gasteiger partial charge in [-0.1, -0.05) is 25.7 Å². The number of carbonyl (C=O) groups excluding carboxylic acids is 2. The first-order chi connectivity index (χ1) is 14.2. The zero-order chi connectivity index (χ0) is 20.1. The smallest absolute Gasteiger partial charge is 0.289 e. The van der Waals surface area contributed by atoms with Gasteiger partial charge in [0, 0.05) is 32.2 Å². The molecule has 0 spiro atoms. The fraction of sp³-hybridized carbons (Fsp3) is 0.524. The first-order valence-corrected chi connectivity index (χ1v) is 10.4. The number of anilines is 1. The van der Waals surface area contributed by atoms with E-state index in [2.05, 4.69) is 20.2 Å². The monoisotopic (exact) mass is 397 g/mol. The summed E-state index contributed by atoms with van der Waals surface area (Å²) >= 11 is 0. The first kappa shape index (κ1) is 19.4. The summed E-state index contributed by atoms with van der Waals surface area (Å²) in [6, 6.07) is 3.64. The Morgan fingerprint density at radius 3 is 2.38 bits per heavy atom. The van der Waals surface area contributed by atoms with Crippen molar-refractivity contribution in [2.75, 3.05) is 31.1 Å². The molecule has 1 saturated carbocycles. The summed E-state index contributed by atoms with van der Waals surface area (Å²) in [6.07, 6.45) is 11.6. The second kappa shape index (κ2) is 9.07. The maximum absolute atomic E-state index is 12.5. The van der Waals surface area contributed by atoms with Gasteiger partial charge in [-0.15, -0.1) is 0 Å². The molecular formula is C21H27N5O3. The molecule has 154 valence electrons. The highest BCUT2D eigenvalue weighted by Gasteiger charge is 2.25. The van der Waals surface area contributed by atoms with Crippen molar-refractivity contribution in [2.45, 2.75) is 44.6 Å². The van der Waals surface area contributed by atoms with E-state index < -0.39 is 0 Å². The number of hydrogen-bond donors (Lipinski definition) is 1. The van der Waals surface area contributed by atoms with Gasteiger partial charge in [0.05, 0.1) is 18.7 Å². The highest BCUT2D eigenvalue weighted by atomic mass is 16.3. The second-order valence-electron chi connectivity index (χ2n) is 7.68. The van der Waals surface area contributed by atoms with E-state index in [0.29, 0.717) is 37.6 Å². The molecule has 29 heavy (non-hydrogen) atoms. The number of aromatic nitrogens is 2. The van der Waals surface area contributed by atoms with Crippen molar-refractivity contribution in [1.82, 2.24) is 20.2 Å². The number of furan rings is 1. The van der Waals surface area contributed by atoms with Crippen LogP contribution in [0.4, 0.5) is 5.82 Å². The molecule has 1 aliphatic carbocycles. The van der Waals surface area contributed by atoms with Gasteiger partial charge in [-0.2, -0.15) is 0 Å². The van der Waals surface area contributed by atoms with E-state index in [1.807, 2.05) is 0 Å². The van der Waals surface area contributed by atoms with E-state index in [1.165, 1.54) is 31.9 Å². The quantitative estimate of drug-likeness (QED) is 0.797. The lowest BCUT2D eigenvalue weighted by atomic mass is 10.1. The van der Waals surface area contributed by atoms with Gasteiger partial charge in [0.2, 0.25) is 0 Å². The van der Waals surface area contributed by atoms with Gasteiger partial charge in [0.25, 0.3) is 11.8 Å². The Labute approximate surface area is 170 Å². The van der Waals surface area contributed by atoms with Gasteiger partial charge in [-0.05, 0) is 25.0 Å². The minimum Gasteiger partial charge on any atom is -0.459 e. The third-order valence-electron chi connectivity index (χ3n) is 5.68. The lowest BCUT2D eigenvalue weighted by molar-refractivity contribution is 0.0714. The van der Waals surface area contributed by atoms with E-state index in [1.54, 1.807) is 29.4 Å². The van der Waals surface area contributed by atoms with Crippen LogP contribution in [0.25, 0.3) is 0 Å². The molecule has 2 amide bonds. The van der Waals surface area contributed by atoms with Gasteiger partial charge in [0.1, 0.15) is 11.5 Å². The molecule has 3 heterocycles. The number of rotatable bonds is 4. The summed E-state index contributed by atoms with van der Waals surface area (Å²) in [4.78, 5) is 37.4. The molecule has 1 aliphatic heterocycles. The summed E-state index contributed by atoms with van der Waals surface area (Å²) in [5, 5.41) is 3.10. The van der Waals surface area contributed by atoms with E-state index in [4.69, 9.17) is 4.42 Å². The van der Waals surface area contributed by atoms with E-state index in [-0.39, 0.29) is 17.9 Å². The Bertz CT molecular complexity index is 805. The molecule has 0 aromatic carbocycles. The zero-order valence-electron chi connectivity index (χ0n) is 16.5. The summed E-state index contributed by atoms with van der Waals surface area (Å²) in [7, 11) is 0. The van der Waals surface area contributed by atoms with Crippen LogP contribution >= 0.6 is 0 Å². The van der Waals surface area contributed by atoms with Crippen LogP contribution in [0.15, 0.2) is 35.2 Å². The van der Waals surface area contributed by atoms with Crippen LogP contribution in [0.3, 0.4) is 0 Å². The van der Waals surface area contributed by atoms with Crippen molar-refractivity contribution in [3.8, 4) is 0 Å². The Balaban J connectivity index is 1.30. The summed E-state index contributed by atoms with van der Waals surface area (Å²) < 4.78 is 5.19. The van der Waals surface area contributed by atoms with Crippen LogP contribution in [-0.4, -0.2) is 58.9 Å². The fourth-order valence-electron chi connectivity index (χ4n) is 3.98. The lowest BCUT2D eigenvalue weighted by Crippen LogP contribution is -2.49. The molecule has 2 aliphatic rings. The lowest BCUT2D eigenvalue weighted by Gasteiger charge is -2.34. The molecule has 0 radical (unpaired) electrons. The van der Waals surface area contributed by atoms with Crippen LogP contribution in [0.1, 0.15) is 59.6 Å². The van der Waals surface area contributed by atoms with E-state index in [9.17, 15) is 9.59 Å². The Morgan fingerprint density at radius 1 is 1.00 bits per heavy atom. The third-order valence-corrected chi connectivity index (χ3v) is 5.68. The summed E-state index contributed by atoms with van der Waals surface area (Å²) in [5.41, 5.74) is 0.352. The molecule has 0 atom stereocenters. The van der Waals surface area contributed by atoms with Gasteiger partial charge in [-0.25, -0.2) is 9.97 Å². The Morgan fingerprint density at radius 2 is 1.76 bits per heavy atom.